The minimum absolute atomic E-state index is 0.0848. The van der Waals surface area contributed by atoms with Crippen LogP contribution in [0.5, 0.6) is 0 Å². The van der Waals surface area contributed by atoms with Gasteiger partial charge in [-0.25, -0.2) is 9.59 Å². The fourth-order valence-corrected chi connectivity index (χ4v) is 8.88. The number of nitrogens with one attached hydrogen (secondary N) is 2. The molecule has 2 N–H and O–H groups in total. The van der Waals surface area contributed by atoms with Crippen LogP contribution >= 0.6 is 0 Å². The van der Waals surface area contributed by atoms with Gasteiger partial charge in [0.25, 0.3) is 0 Å². The average Bonchev–Trinajstić information content (AvgIpc) is 3.50. The third kappa shape index (κ3) is 34.7. The van der Waals surface area contributed by atoms with Gasteiger partial charge in [0.2, 0.25) is 13.6 Å². The van der Waals surface area contributed by atoms with Gasteiger partial charge >= 0.3 is 59.7 Å². The van der Waals surface area contributed by atoms with Gasteiger partial charge in [0.15, 0.2) is 13.2 Å². The Labute approximate surface area is 480 Å². The number of carbonyl (C=O) groups excluding carboxylic acids is 10. The van der Waals surface area contributed by atoms with E-state index in [9.17, 15) is 47.9 Å². The molecule has 0 aromatic rings. The molecule has 0 aromatic heterocycles. The van der Waals surface area contributed by atoms with Crippen molar-refractivity contribution in [1.29, 1.82) is 0 Å². The van der Waals surface area contributed by atoms with Gasteiger partial charge in [-0.3, -0.25) is 38.4 Å². The molecule has 0 aromatic carbocycles. The average molecular weight is 1170 g/mol. The maximum atomic E-state index is 12.2. The Bertz CT molecular complexity index is 1790. The van der Waals surface area contributed by atoms with Crippen molar-refractivity contribution in [3.63, 3.8) is 0 Å². The van der Waals surface area contributed by atoms with Gasteiger partial charge < -0.3 is 87.4 Å². The predicted octanol–water partition coefficient (Wildman–Crippen LogP) is -1.16. The van der Waals surface area contributed by atoms with Gasteiger partial charge in [-0.2, -0.15) is 0 Å². The SMILES string of the molecule is O=C(CCCCCOC(=O)COC(=O)CCN1CCN(CCC(=O)OCOC(=O)CCN2CCNCC2)CC1)OCCOC(=O)CCCCCOC(=O)COC(=O)CCN1CCN(CCC(=O)OCOC(=O)CCN2CCNCC2)CC1. The van der Waals surface area contributed by atoms with Crippen LogP contribution in [0.3, 0.4) is 0 Å². The summed E-state index contributed by atoms with van der Waals surface area (Å²) < 4.78 is 50.8. The van der Waals surface area contributed by atoms with E-state index >= 15 is 0 Å². The molecule has 28 heteroatoms. The number of unbranched alkanes of at least 4 members (excludes halogenated alkanes) is 4. The summed E-state index contributed by atoms with van der Waals surface area (Å²) in [5.74, 6) is -4.95. The molecule has 0 unspecified atom stereocenters. The Hall–Kier alpha value is -5.62. The summed E-state index contributed by atoms with van der Waals surface area (Å²) >= 11 is 0. The van der Waals surface area contributed by atoms with Crippen molar-refractivity contribution in [3.05, 3.63) is 0 Å². The van der Waals surface area contributed by atoms with Gasteiger partial charge in [0, 0.05) is 157 Å². The molecule has 0 amide bonds. The van der Waals surface area contributed by atoms with Crippen LogP contribution in [0.15, 0.2) is 0 Å². The van der Waals surface area contributed by atoms with Crippen molar-refractivity contribution < 1.29 is 95.3 Å². The monoisotopic (exact) mass is 1170 g/mol. The molecule has 4 saturated heterocycles. The summed E-state index contributed by atoms with van der Waals surface area (Å²) in [6.07, 6.45) is 4.49. The summed E-state index contributed by atoms with van der Waals surface area (Å²) in [5, 5.41) is 6.51. The van der Waals surface area contributed by atoms with Crippen LogP contribution in [0.2, 0.25) is 0 Å². The van der Waals surface area contributed by atoms with E-state index in [2.05, 4.69) is 40.0 Å². The van der Waals surface area contributed by atoms with Gasteiger partial charge in [-0.15, -0.1) is 0 Å². The number of hydrogen-bond donors (Lipinski definition) is 2. The number of ether oxygens (including phenoxy) is 10. The summed E-state index contributed by atoms with van der Waals surface area (Å²) in [6, 6.07) is 0. The van der Waals surface area contributed by atoms with E-state index in [4.69, 9.17) is 47.4 Å². The lowest BCUT2D eigenvalue weighted by molar-refractivity contribution is -0.169. The van der Waals surface area contributed by atoms with Crippen molar-refractivity contribution in [3.8, 4) is 0 Å². The van der Waals surface area contributed by atoms with E-state index < -0.39 is 86.5 Å². The van der Waals surface area contributed by atoms with Gasteiger partial charge in [0.1, 0.15) is 13.2 Å². The van der Waals surface area contributed by atoms with Crippen molar-refractivity contribution in [2.45, 2.75) is 89.9 Å². The van der Waals surface area contributed by atoms with Crippen LogP contribution in [-0.2, 0) is 95.3 Å². The van der Waals surface area contributed by atoms with E-state index in [1.165, 1.54) is 0 Å². The van der Waals surface area contributed by atoms with Crippen molar-refractivity contribution in [2.24, 2.45) is 0 Å². The lowest BCUT2D eigenvalue weighted by atomic mass is 10.2. The summed E-state index contributed by atoms with van der Waals surface area (Å²) in [4.78, 5) is 134. The molecule has 0 aliphatic carbocycles. The Kier molecular flexibility index (Phi) is 36.2. The summed E-state index contributed by atoms with van der Waals surface area (Å²) in [6.45, 7) is 14.2. The van der Waals surface area contributed by atoms with Gasteiger partial charge in [-0.1, -0.05) is 0 Å². The molecule has 0 atom stereocenters. The van der Waals surface area contributed by atoms with Crippen molar-refractivity contribution in [1.82, 2.24) is 40.0 Å². The van der Waals surface area contributed by atoms with Crippen LogP contribution in [0.25, 0.3) is 0 Å². The second kappa shape index (κ2) is 43.1. The molecular weight excluding hydrogens is 1080 g/mol. The number of hydrogen-bond acceptors (Lipinski definition) is 28. The molecule has 4 aliphatic heterocycles. The highest BCUT2D eigenvalue weighted by Gasteiger charge is 2.22. The van der Waals surface area contributed by atoms with E-state index in [0.29, 0.717) is 130 Å². The van der Waals surface area contributed by atoms with E-state index in [0.717, 1.165) is 52.4 Å². The largest absolute Gasteiger partial charge is 0.463 e. The maximum Gasteiger partial charge on any atom is 0.344 e. The first-order chi connectivity index (χ1) is 39.8. The number of rotatable bonds is 41. The number of esters is 10. The third-order valence-electron chi connectivity index (χ3n) is 13.9. The molecule has 466 valence electrons. The zero-order valence-electron chi connectivity index (χ0n) is 48.0. The first kappa shape index (κ1) is 68.9. The van der Waals surface area contributed by atoms with Crippen molar-refractivity contribution in [2.75, 3.05) is 197 Å². The van der Waals surface area contributed by atoms with Crippen LogP contribution in [0.4, 0.5) is 0 Å². The lowest BCUT2D eigenvalue weighted by Gasteiger charge is -2.34. The molecule has 0 saturated carbocycles. The molecule has 4 heterocycles. The van der Waals surface area contributed by atoms with Crippen molar-refractivity contribution >= 4 is 59.7 Å². The zero-order valence-corrected chi connectivity index (χ0v) is 48.0. The van der Waals surface area contributed by atoms with Crippen LogP contribution < -0.4 is 10.6 Å². The van der Waals surface area contributed by atoms with Crippen LogP contribution in [0.1, 0.15) is 89.9 Å². The summed E-state index contributed by atoms with van der Waals surface area (Å²) in [7, 11) is 0. The molecule has 82 heavy (non-hydrogen) atoms. The second-order valence-corrected chi connectivity index (χ2v) is 20.2. The van der Waals surface area contributed by atoms with E-state index in [1.807, 2.05) is 0 Å². The minimum atomic E-state index is -0.666. The molecule has 0 spiro atoms. The Morgan fingerprint density at radius 2 is 0.488 bits per heavy atom. The van der Waals surface area contributed by atoms with Crippen LogP contribution in [0, 0.1) is 0 Å². The Balaban J connectivity index is 0.836. The zero-order chi connectivity index (χ0) is 58.8. The normalized spacial score (nSPS) is 16.7. The highest BCUT2D eigenvalue weighted by Crippen LogP contribution is 2.09. The first-order valence-corrected chi connectivity index (χ1v) is 29.1. The van der Waals surface area contributed by atoms with Gasteiger partial charge in [-0.05, 0) is 38.5 Å². The smallest absolute Gasteiger partial charge is 0.344 e. The standard InChI is InChI=1S/C54H90N8O20/c63-45(7-3-1-5-37-73-53(71)41-77-47(65)9-21-59-29-33-61(34-30-59)23-13-51(69)81-43-79-49(67)11-19-57-25-15-55-16-26-57)75-39-40-76-46(64)8-4-2-6-38-74-54(72)42-78-48(66)10-22-60-31-35-62(36-32-60)24-14-52(70)82-44-80-50(68)12-20-58-27-17-56-18-28-58/h55-56H,1-44H2. The Morgan fingerprint density at radius 1 is 0.244 bits per heavy atom. The Morgan fingerprint density at radius 3 is 0.780 bits per heavy atom. The van der Waals surface area contributed by atoms with Gasteiger partial charge in [0.05, 0.1) is 51.7 Å². The lowest BCUT2D eigenvalue weighted by Crippen LogP contribution is -2.47. The fraction of sp³-hybridized carbons (Fsp3) is 0.815. The number of piperazine rings is 4. The highest BCUT2D eigenvalue weighted by molar-refractivity contribution is 5.77. The predicted molar refractivity (Wildman–Crippen MR) is 289 cm³/mol. The number of nitrogens with zero attached hydrogens (tertiary/aromatic N) is 6. The van der Waals surface area contributed by atoms with E-state index in [1.54, 1.807) is 0 Å². The first-order valence-electron chi connectivity index (χ1n) is 29.1. The molecule has 0 bridgehead atoms. The quantitative estimate of drug-likeness (QED) is 0.0316. The molecule has 0 radical (unpaired) electrons. The summed E-state index contributed by atoms with van der Waals surface area (Å²) in [5.41, 5.74) is 0. The topological polar surface area (TPSA) is 306 Å². The molecule has 28 nitrogen and oxygen atoms in total. The van der Waals surface area contributed by atoms with E-state index in [-0.39, 0.29) is 77.8 Å². The molecule has 4 rings (SSSR count). The maximum absolute atomic E-state index is 12.2. The van der Waals surface area contributed by atoms with Crippen LogP contribution in [-0.4, -0.2) is 286 Å². The molecular formula is C54H90N8O20. The molecule has 4 fully saturated rings. The second-order valence-electron chi connectivity index (χ2n) is 20.2. The number of carbonyl (C=O) groups is 10. The minimum Gasteiger partial charge on any atom is -0.463 e. The fourth-order valence-electron chi connectivity index (χ4n) is 8.88. The highest BCUT2D eigenvalue weighted by atomic mass is 16.7. The molecule has 4 aliphatic rings. The third-order valence-corrected chi connectivity index (χ3v) is 13.9.